The summed E-state index contributed by atoms with van der Waals surface area (Å²) in [6.45, 7) is 0.311. The van der Waals surface area contributed by atoms with Crippen LogP contribution in [0.15, 0.2) is 91.4 Å². The topological polar surface area (TPSA) is 102 Å². The number of nitrogens with zero attached hydrogens (tertiary/aromatic N) is 2. The standard InChI is InChI=1S/C27H22N4O4/c32-26(31-25-23(9-4-12-29-25)34-17-18-10-13-28-14-11-18)20-6-3-7-21(15-20)30-27(33)24-16-19-5-1-2-8-22(19)35-24/h1-15,24H,16-17H2,(H,30,33)(H,29,31,32). The lowest BCUT2D eigenvalue weighted by atomic mass is 10.1. The molecular weight excluding hydrogens is 444 g/mol. The van der Waals surface area contributed by atoms with E-state index in [1.54, 1.807) is 55.0 Å². The Labute approximate surface area is 202 Å². The maximum atomic E-state index is 12.9. The third-order valence-corrected chi connectivity index (χ3v) is 5.48. The Morgan fingerprint density at radius 2 is 1.80 bits per heavy atom. The Kier molecular flexibility index (Phi) is 6.34. The van der Waals surface area contributed by atoms with Crippen molar-refractivity contribution in [1.82, 2.24) is 9.97 Å². The van der Waals surface area contributed by atoms with Gasteiger partial charge in [0.05, 0.1) is 0 Å². The molecule has 0 radical (unpaired) electrons. The van der Waals surface area contributed by atoms with E-state index in [2.05, 4.69) is 20.6 Å². The molecule has 0 fully saturated rings. The van der Waals surface area contributed by atoms with Crippen LogP contribution in [0.25, 0.3) is 0 Å². The zero-order valence-corrected chi connectivity index (χ0v) is 18.7. The third-order valence-electron chi connectivity index (χ3n) is 5.48. The highest BCUT2D eigenvalue weighted by molar-refractivity contribution is 6.05. The van der Waals surface area contributed by atoms with Crippen LogP contribution >= 0.6 is 0 Å². The number of fused-ring (bicyclic) bond motifs is 1. The van der Waals surface area contributed by atoms with Gasteiger partial charge in [-0.3, -0.25) is 14.6 Å². The molecule has 0 aliphatic carbocycles. The molecule has 2 N–H and O–H groups in total. The number of hydrogen-bond acceptors (Lipinski definition) is 6. The van der Waals surface area contributed by atoms with Crippen LogP contribution in [0, 0.1) is 0 Å². The van der Waals surface area contributed by atoms with Gasteiger partial charge in [-0.2, -0.15) is 0 Å². The molecule has 1 aliphatic heterocycles. The molecule has 4 aromatic rings. The molecule has 0 saturated heterocycles. The first-order chi connectivity index (χ1) is 17.2. The van der Waals surface area contributed by atoms with Crippen molar-refractivity contribution in [1.29, 1.82) is 0 Å². The van der Waals surface area contributed by atoms with Gasteiger partial charge in [-0.25, -0.2) is 4.98 Å². The van der Waals surface area contributed by atoms with Crippen LogP contribution in [0.2, 0.25) is 0 Å². The van der Waals surface area contributed by atoms with Gasteiger partial charge >= 0.3 is 0 Å². The van der Waals surface area contributed by atoms with Crippen LogP contribution in [0.3, 0.4) is 0 Å². The van der Waals surface area contributed by atoms with Crippen molar-refractivity contribution in [3.8, 4) is 11.5 Å². The molecule has 3 heterocycles. The average Bonchev–Trinajstić information content (AvgIpc) is 3.34. The molecule has 1 unspecified atom stereocenters. The molecular formula is C27H22N4O4. The summed E-state index contributed by atoms with van der Waals surface area (Å²) >= 11 is 0. The van der Waals surface area contributed by atoms with E-state index in [-0.39, 0.29) is 11.8 Å². The van der Waals surface area contributed by atoms with Crippen LogP contribution < -0.4 is 20.1 Å². The molecule has 8 heteroatoms. The highest BCUT2D eigenvalue weighted by Crippen LogP contribution is 2.29. The van der Waals surface area contributed by atoms with Crippen molar-refractivity contribution in [3.05, 3.63) is 108 Å². The number of aromatic nitrogens is 2. The molecule has 0 spiro atoms. The number of carbonyl (C=O) groups excluding carboxylic acids is 2. The minimum Gasteiger partial charge on any atom is -0.485 e. The summed E-state index contributed by atoms with van der Waals surface area (Å²) in [6.07, 6.45) is 4.84. The number of amides is 2. The van der Waals surface area contributed by atoms with Crippen molar-refractivity contribution in [3.63, 3.8) is 0 Å². The quantitative estimate of drug-likeness (QED) is 0.422. The fourth-order valence-electron chi connectivity index (χ4n) is 3.71. The lowest BCUT2D eigenvalue weighted by Gasteiger charge is -2.13. The second-order valence-corrected chi connectivity index (χ2v) is 7.94. The van der Waals surface area contributed by atoms with Crippen LogP contribution in [-0.4, -0.2) is 27.9 Å². The summed E-state index contributed by atoms with van der Waals surface area (Å²) in [7, 11) is 0. The number of ether oxygens (including phenoxy) is 2. The first-order valence-corrected chi connectivity index (χ1v) is 11.1. The maximum Gasteiger partial charge on any atom is 0.265 e. The van der Waals surface area contributed by atoms with Gasteiger partial charge in [0.25, 0.3) is 11.8 Å². The van der Waals surface area contributed by atoms with Gasteiger partial charge in [-0.15, -0.1) is 0 Å². The average molecular weight is 466 g/mol. The minimum absolute atomic E-state index is 0.268. The lowest BCUT2D eigenvalue weighted by molar-refractivity contribution is -0.122. The second-order valence-electron chi connectivity index (χ2n) is 7.94. The molecule has 1 aliphatic rings. The van der Waals surface area contributed by atoms with E-state index >= 15 is 0 Å². The fourth-order valence-corrected chi connectivity index (χ4v) is 3.71. The second kappa shape index (κ2) is 10.0. The Morgan fingerprint density at radius 1 is 0.943 bits per heavy atom. The van der Waals surface area contributed by atoms with Crippen LogP contribution in [0.1, 0.15) is 21.5 Å². The molecule has 2 amide bonds. The van der Waals surface area contributed by atoms with Gasteiger partial charge in [0.1, 0.15) is 12.4 Å². The summed E-state index contributed by atoms with van der Waals surface area (Å²) in [5.41, 5.74) is 2.80. The molecule has 8 nitrogen and oxygen atoms in total. The summed E-state index contributed by atoms with van der Waals surface area (Å²) in [6, 6.07) is 21.4. The zero-order chi connectivity index (χ0) is 24.0. The third kappa shape index (κ3) is 5.27. The van der Waals surface area contributed by atoms with E-state index < -0.39 is 6.10 Å². The zero-order valence-electron chi connectivity index (χ0n) is 18.7. The summed E-state index contributed by atoms with van der Waals surface area (Å²) in [5.74, 6) is 0.824. The molecule has 35 heavy (non-hydrogen) atoms. The number of para-hydroxylation sites is 1. The van der Waals surface area contributed by atoms with Crippen LogP contribution in [0.5, 0.6) is 11.5 Å². The number of pyridine rings is 2. The Bertz CT molecular complexity index is 1340. The molecule has 0 bridgehead atoms. The number of carbonyl (C=O) groups is 2. The van der Waals surface area contributed by atoms with E-state index in [0.717, 1.165) is 16.9 Å². The van der Waals surface area contributed by atoms with Crippen LogP contribution in [-0.2, 0) is 17.8 Å². The normalized spacial score (nSPS) is 13.9. The van der Waals surface area contributed by atoms with Crippen molar-refractivity contribution >= 4 is 23.3 Å². The maximum absolute atomic E-state index is 12.9. The van der Waals surface area contributed by atoms with E-state index in [4.69, 9.17) is 9.47 Å². The molecule has 0 saturated carbocycles. The number of rotatable bonds is 7. The van der Waals surface area contributed by atoms with Gasteiger partial charge in [-0.1, -0.05) is 24.3 Å². The Balaban J connectivity index is 1.23. The monoisotopic (exact) mass is 466 g/mol. The first-order valence-electron chi connectivity index (χ1n) is 11.1. The van der Waals surface area contributed by atoms with Gasteiger partial charge in [0.2, 0.25) is 0 Å². The van der Waals surface area contributed by atoms with E-state index in [1.165, 1.54) is 0 Å². The highest BCUT2D eigenvalue weighted by atomic mass is 16.5. The van der Waals surface area contributed by atoms with Crippen LogP contribution in [0.4, 0.5) is 11.5 Å². The molecule has 174 valence electrons. The Morgan fingerprint density at radius 3 is 2.66 bits per heavy atom. The number of hydrogen-bond donors (Lipinski definition) is 2. The number of benzene rings is 2. The van der Waals surface area contributed by atoms with Crippen molar-refractivity contribution in [2.75, 3.05) is 10.6 Å². The summed E-state index contributed by atoms with van der Waals surface area (Å²) < 4.78 is 11.6. The SMILES string of the molecule is O=C(Nc1ncccc1OCc1ccncc1)c1cccc(NC(=O)C2Cc3ccccc3O2)c1. The van der Waals surface area contributed by atoms with Gasteiger partial charge < -0.3 is 20.1 Å². The van der Waals surface area contributed by atoms with E-state index in [1.807, 2.05) is 36.4 Å². The van der Waals surface area contributed by atoms with Crippen molar-refractivity contribution in [2.45, 2.75) is 19.1 Å². The number of nitrogens with one attached hydrogen (secondary N) is 2. The minimum atomic E-state index is -0.612. The summed E-state index contributed by atoms with van der Waals surface area (Å²) in [4.78, 5) is 33.9. The van der Waals surface area contributed by atoms with Gasteiger partial charge in [-0.05, 0) is 59.7 Å². The highest BCUT2D eigenvalue weighted by Gasteiger charge is 2.28. The molecule has 5 rings (SSSR count). The summed E-state index contributed by atoms with van der Waals surface area (Å²) in [5, 5.41) is 5.62. The molecule has 2 aromatic carbocycles. The number of anilines is 2. The van der Waals surface area contributed by atoms with E-state index in [0.29, 0.717) is 35.8 Å². The smallest absolute Gasteiger partial charge is 0.265 e. The van der Waals surface area contributed by atoms with E-state index in [9.17, 15) is 9.59 Å². The van der Waals surface area contributed by atoms with Crippen molar-refractivity contribution < 1.29 is 19.1 Å². The fraction of sp³-hybridized carbons (Fsp3) is 0.111. The van der Waals surface area contributed by atoms with Crippen molar-refractivity contribution in [2.24, 2.45) is 0 Å². The largest absolute Gasteiger partial charge is 0.485 e. The lowest BCUT2D eigenvalue weighted by Crippen LogP contribution is -2.31. The van der Waals surface area contributed by atoms with Gasteiger partial charge in [0.15, 0.2) is 17.7 Å². The molecule has 1 atom stereocenters. The van der Waals surface area contributed by atoms with Gasteiger partial charge in [0, 0.05) is 36.3 Å². The first kappa shape index (κ1) is 22.1. The molecule has 2 aromatic heterocycles. The predicted molar refractivity (Wildman–Crippen MR) is 130 cm³/mol. The Hall–Kier alpha value is -4.72. The predicted octanol–water partition coefficient (Wildman–Crippen LogP) is 4.25.